The van der Waals surface area contributed by atoms with Crippen LogP contribution in [-0.4, -0.2) is 120 Å². The van der Waals surface area contributed by atoms with Crippen LogP contribution in [0.3, 0.4) is 0 Å². The van der Waals surface area contributed by atoms with Crippen molar-refractivity contribution < 1.29 is 24.1 Å². The van der Waals surface area contributed by atoms with Crippen molar-refractivity contribution in [2.45, 2.75) is 66.0 Å². The van der Waals surface area contributed by atoms with E-state index in [0.29, 0.717) is 24.3 Å². The summed E-state index contributed by atoms with van der Waals surface area (Å²) in [5.74, 6) is 0.871. The Balaban J connectivity index is 0.00000529. The number of aromatic nitrogens is 3. The monoisotopic (exact) mass is 617 g/mol. The number of amides is 1. The molecule has 0 unspecified atom stereocenters. The van der Waals surface area contributed by atoms with Gasteiger partial charge in [-0.3, -0.25) is 9.69 Å². The second kappa shape index (κ2) is 15.9. The summed E-state index contributed by atoms with van der Waals surface area (Å²) in [7, 11) is 3.91. The molecule has 11 nitrogen and oxygen atoms in total. The molecule has 0 bridgehead atoms. The van der Waals surface area contributed by atoms with Crippen LogP contribution in [0.4, 0.5) is 10.2 Å². The van der Waals surface area contributed by atoms with Crippen LogP contribution in [0.25, 0.3) is 0 Å². The molecule has 1 amide bonds. The Kier molecular flexibility index (Phi) is 12.8. The average molecular weight is 618 g/mol. The van der Waals surface area contributed by atoms with Gasteiger partial charge >= 0.3 is 0 Å². The number of likely N-dealkylation sites (tertiary alicyclic amines) is 1. The second-order valence-electron chi connectivity index (χ2n) is 12.8. The molecule has 2 saturated heterocycles. The zero-order valence-corrected chi connectivity index (χ0v) is 27.6. The van der Waals surface area contributed by atoms with E-state index < -0.39 is 5.82 Å². The van der Waals surface area contributed by atoms with E-state index in [9.17, 15) is 9.18 Å². The first kappa shape index (κ1) is 35.5. The van der Waals surface area contributed by atoms with Gasteiger partial charge < -0.3 is 29.6 Å². The highest BCUT2D eigenvalue weighted by Gasteiger charge is 2.50. The van der Waals surface area contributed by atoms with Gasteiger partial charge in [0.15, 0.2) is 5.82 Å². The molecule has 2 fully saturated rings. The van der Waals surface area contributed by atoms with Crippen molar-refractivity contribution >= 4 is 11.7 Å². The fourth-order valence-corrected chi connectivity index (χ4v) is 6.59. The van der Waals surface area contributed by atoms with E-state index in [4.69, 9.17) is 9.47 Å². The maximum Gasteiger partial charge on any atom is 0.282 e. The number of rotatable bonds is 15. The van der Waals surface area contributed by atoms with Crippen molar-refractivity contribution in [3.05, 3.63) is 35.9 Å². The smallest absolute Gasteiger partial charge is 0.282 e. The number of carbonyl (C=O) groups excluding carboxylic acids is 1. The van der Waals surface area contributed by atoms with Gasteiger partial charge in [-0.2, -0.15) is 0 Å². The summed E-state index contributed by atoms with van der Waals surface area (Å²) >= 11 is 0. The van der Waals surface area contributed by atoms with Gasteiger partial charge in [0.1, 0.15) is 17.9 Å². The molecule has 2 aliphatic rings. The van der Waals surface area contributed by atoms with Crippen molar-refractivity contribution in [1.82, 2.24) is 29.9 Å². The third kappa shape index (κ3) is 8.41. The molecule has 3 heterocycles. The lowest BCUT2D eigenvalue weighted by Crippen LogP contribution is -2.62. The van der Waals surface area contributed by atoms with E-state index >= 15 is 0 Å². The minimum Gasteiger partial charge on any atom is -0.434 e. The van der Waals surface area contributed by atoms with Crippen LogP contribution in [-0.2, 0) is 4.74 Å². The molecule has 2 aliphatic heterocycles. The summed E-state index contributed by atoms with van der Waals surface area (Å²) in [5.41, 5.74) is 0.366. The zero-order valence-electron chi connectivity index (χ0n) is 27.6. The summed E-state index contributed by atoms with van der Waals surface area (Å²) in [5, 5.41) is 8.21. The zero-order chi connectivity index (χ0) is 31.1. The first-order valence-corrected chi connectivity index (χ1v) is 15.7. The number of methoxy groups -OCH3 is 1. The van der Waals surface area contributed by atoms with Crippen molar-refractivity contribution in [2.24, 2.45) is 11.3 Å². The van der Waals surface area contributed by atoms with E-state index in [1.165, 1.54) is 37.4 Å². The lowest BCUT2D eigenvalue weighted by Gasteiger charge is -2.53. The number of benzene rings is 1. The highest BCUT2D eigenvalue weighted by molar-refractivity contribution is 5.97. The van der Waals surface area contributed by atoms with Crippen LogP contribution in [0.5, 0.6) is 11.6 Å². The summed E-state index contributed by atoms with van der Waals surface area (Å²) in [6.07, 6.45) is 4.85. The minimum atomic E-state index is -0.498. The summed E-state index contributed by atoms with van der Waals surface area (Å²) < 4.78 is 25.7. The van der Waals surface area contributed by atoms with Gasteiger partial charge in [0, 0.05) is 63.9 Å². The molecule has 12 heteroatoms. The Morgan fingerprint density at radius 2 is 1.91 bits per heavy atom. The van der Waals surface area contributed by atoms with Crippen LogP contribution in [0, 0.1) is 17.2 Å². The van der Waals surface area contributed by atoms with Gasteiger partial charge in [-0.05, 0) is 77.7 Å². The number of anilines is 1. The van der Waals surface area contributed by atoms with Gasteiger partial charge in [-0.25, -0.2) is 9.37 Å². The Bertz CT molecular complexity index is 1210. The molecule has 1 spiro atoms. The Labute approximate surface area is 262 Å². The van der Waals surface area contributed by atoms with Gasteiger partial charge in [0.2, 0.25) is 0 Å². The van der Waals surface area contributed by atoms with Crippen LogP contribution >= 0.6 is 0 Å². The minimum absolute atomic E-state index is 0. The maximum absolute atomic E-state index is 14.3. The molecular formula is C32H52FN7O4. The number of hydrogen-bond acceptors (Lipinski definition) is 9. The Morgan fingerprint density at radius 1 is 1.16 bits per heavy atom. The fourth-order valence-electron chi connectivity index (χ4n) is 6.59. The van der Waals surface area contributed by atoms with E-state index in [2.05, 4.69) is 50.8 Å². The first-order valence-electron chi connectivity index (χ1n) is 15.7. The molecular weight excluding hydrogens is 565 g/mol. The van der Waals surface area contributed by atoms with Crippen molar-refractivity contribution in [1.29, 1.82) is 0 Å². The normalized spacial score (nSPS) is 16.8. The fraction of sp³-hybridized carbons (Fsp3) is 0.688. The quantitative estimate of drug-likeness (QED) is 0.294. The van der Waals surface area contributed by atoms with Crippen LogP contribution in [0.1, 0.15) is 64.2 Å². The Morgan fingerprint density at radius 3 is 2.57 bits per heavy atom. The lowest BCUT2D eigenvalue weighted by molar-refractivity contribution is -0.0345. The molecule has 2 aromatic rings. The predicted octanol–water partition coefficient (Wildman–Crippen LogP) is 3.74. The molecule has 246 valence electrons. The van der Waals surface area contributed by atoms with E-state index in [1.807, 2.05) is 20.8 Å². The van der Waals surface area contributed by atoms with Gasteiger partial charge in [-0.15, -0.1) is 10.2 Å². The highest BCUT2D eigenvalue weighted by Crippen LogP contribution is 2.44. The molecule has 1 aromatic carbocycles. The second-order valence-corrected chi connectivity index (χ2v) is 12.8. The third-order valence-corrected chi connectivity index (χ3v) is 8.95. The van der Waals surface area contributed by atoms with Crippen molar-refractivity contribution in [3.63, 3.8) is 0 Å². The molecule has 0 saturated carbocycles. The SMILES string of the molecule is CCN(C(=O)c1cc(F)ccc1Oc1nncnc1N1CCC2(C1)CN([C@H](CCCN(C)CCOC)C(C)C)C2)C(C)C.O. The van der Waals surface area contributed by atoms with Crippen molar-refractivity contribution in [2.75, 3.05) is 71.5 Å². The molecule has 1 aromatic heterocycles. The summed E-state index contributed by atoms with van der Waals surface area (Å²) in [6, 6.07) is 4.52. The Hall–Kier alpha value is -2.93. The molecule has 2 N–H and O–H groups in total. The van der Waals surface area contributed by atoms with E-state index in [0.717, 1.165) is 52.3 Å². The molecule has 0 radical (unpaired) electrons. The van der Waals surface area contributed by atoms with Gasteiger partial charge in [0.05, 0.1) is 12.2 Å². The van der Waals surface area contributed by atoms with Gasteiger partial charge in [-0.1, -0.05) is 13.8 Å². The van der Waals surface area contributed by atoms with Crippen LogP contribution in [0.15, 0.2) is 24.5 Å². The largest absolute Gasteiger partial charge is 0.434 e. The van der Waals surface area contributed by atoms with Crippen LogP contribution < -0.4 is 9.64 Å². The lowest BCUT2D eigenvalue weighted by atomic mass is 9.76. The number of halogens is 1. The van der Waals surface area contributed by atoms with E-state index in [1.54, 1.807) is 12.0 Å². The van der Waals surface area contributed by atoms with Gasteiger partial charge in [0.25, 0.3) is 11.8 Å². The topological polar surface area (TPSA) is 119 Å². The number of nitrogens with zero attached hydrogens (tertiary/aromatic N) is 7. The third-order valence-electron chi connectivity index (χ3n) is 8.95. The number of hydrogen-bond donors (Lipinski definition) is 0. The standard InChI is InChI=1S/C32H50FN7O3.H2O/c1-8-40(24(4)5)31(41)26-18-25(33)11-12-28(26)43-30-29(34-22-35-36-30)38-15-13-32(19-38)20-39(21-32)27(23(2)3)10-9-14-37(6)16-17-42-7;/h11-12,18,22-24,27H,8-10,13-17,19-21H2,1-7H3;1H2/t27-;/m1./s1. The molecule has 0 aliphatic carbocycles. The average Bonchev–Trinajstić information content (AvgIpc) is 3.40. The number of carbonyl (C=O) groups is 1. The first-order chi connectivity index (χ1) is 20.6. The number of likely N-dealkylation sites (N-methyl/N-ethyl adjacent to an activating group) is 1. The summed E-state index contributed by atoms with van der Waals surface area (Å²) in [6.45, 7) is 17.6. The molecule has 4 rings (SSSR count). The number of ether oxygens (including phenoxy) is 2. The predicted molar refractivity (Wildman–Crippen MR) is 170 cm³/mol. The highest BCUT2D eigenvalue weighted by atomic mass is 19.1. The van der Waals surface area contributed by atoms with Crippen LogP contribution in [0.2, 0.25) is 0 Å². The molecule has 1 atom stereocenters. The maximum atomic E-state index is 14.3. The summed E-state index contributed by atoms with van der Waals surface area (Å²) in [4.78, 5) is 26.8. The van der Waals surface area contributed by atoms with Crippen molar-refractivity contribution in [3.8, 4) is 11.6 Å². The molecule has 44 heavy (non-hydrogen) atoms. The van der Waals surface area contributed by atoms with E-state index in [-0.39, 0.29) is 40.0 Å².